The lowest BCUT2D eigenvalue weighted by molar-refractivity contribution is -0.137. The maximum Gasteiger partial charge on any atom is 0.226 e. The zero-order valence-electron chi connectivity index (χ0n) is 11.5. The fourth-order valence-corrected chi connectivity index (χ4v) is 3.36. The summed E-state index contributed by atoms with van der Waals surface area (Å²) in [6, 6.07) is 8.68. The van der Waals surface area contributed by atoms with Crippen LogP contribution in [-0.4, -0.2) is 29.9 Å². The first-order valence-corrected chi connectivity index (χ1v) is 7.26. The number of amides is 1. The molecule has 3 heteroatoms. The molecule has 2 atom stereocenters. The summed E-state index contributed by atoms with van der Waals surface area (Å²) < 4.78 is 0. The lowest BCUT2D eigenvalue weighted by Gasteiger charge is -2.36. The molecule has 2 N–H and O–H groups in total. The maximum absolute atomic E-state index is 12.6. The first kappa shape index (κ1) is 12.7. The van der Waals surface area contributed by atoms with E-state index in [0.717, 1.165) is 32.4 Å². The Balaban J connectivity index is 1.67. The van der Waals surface area contributed by atoms with Crippen molar-refractivity contribution < 1.29 is 4.79 Å². The number of fused-ring (bicyclic) bond motifs is 1. The van der Waals surface area contributed by atoms with Crippen molar-refractivity contribution in [3.63, 3.8) is 0 Å². The van der Waals surface area contributed by atoms with Crippen molar-refractivity contribution in [2.75, 3.05) is 13.1 Å². The van der Waals surface area contributed by atoms with E-state index in [0.29, 0.717) is 11.8 Å². The zero-order valence-corrected chi connectivity index (χ0v) is 11.5. The van der Waals surface area contributed by atoms with E-state index in [-0.39, 0.29) is 12.0 Å². The van der Waals surface area contributed by atoms with Gasteiger partial charge in [-0.05, 0) is 36.3 Å². The van der Waals surface area contributed by atoms with E-state index in [4.69, 9.17) is 5.73 Å². The van der Waals surface area contributed by atoms with E-state index in [2.05, 4.69) is 31.2 Å². The molecular weight excluding hydrogens is 236 g/mol. The Kier molecular flexibility index (Phi) is 3.31. The smallest absolute Gasteiger partial charge is 0.226 e. The second kappa shape index (κ2) is 4.97. The highest BCUT2D eigenvalue weighted by Crippen LogP contribution is 2.29. The van der Waals surface area contributed by atoms with Crippen molar-refractivity contribution in [3.8, 4) is 0 Å². The monoisotopic (exact) mass is 258 g/mol. The molecule has 1 fully saturated rings. The van der Waals surface area contributed by atoms with Gasteiger partial charge in [0.1, 0.15) is 0 Å². The van der Waals surface area contributed by atoms with E-state index in [1.807, 2.05) is 4.90 Å². The molecule has 1 heterocycles. The molecule has 3 rings (SSSR count). The quantitative estimate of drug-likeness (QED) is 0.831. The number of likely N-dealkylation sites (tertiary alicyclic amines) is 1. The van der Waals surface area contributed by atoms with Crippen LogP contribution in [0.1, 0.15) is 24.5 Å². The molecule has 1 saturated heterocycles. The fraction of sp³-hybridized carbons (Fsp3) is 0.562. The van der Waals surface area contributed by atoms with Gasteiger partial charge in [0.2, 0.25) is 5.91 Å². The maximum atomic E-state index is 12.6. The van der Waals surface area contributed by atoms with Crippen LogP contribution in [0.25, 0.3) is 0 Å². The molecule has 0 bridgehead atoms. The first-order chi connectivity index (χ1) is 9.15. The lowest BCUT2D eigenvalue weighted by Crippen LogP contribution is -2.49. The third-order valence-corrected chi connectivity index (χ3v) is 4.68. The summed E-state index contributed by atoms with van der Waals surface area (Å²) in [7, 11) is 0. The third kappa shape index (κ3) is 2.39. The molecular formula is C16H22N2O. The summed E-state index contributed by atoms with van der Waals surface area (Å²) in [6.07, 6.45) is 2.75. The van der Waals surface area contributed by atoms with Gasteiger partial charge in [0, 0.05) is 25.0 Å². The van der Waals surface area contributed by atoms with Gasteiger partial charge in [0.15, 0.2) is 0 Å². The van der Waals surface area contributed by atoms with Crippen LogP contribution in [0.4, 0.5) is 0 Å². The molecule has 3 nitrogen and oxygen atoms in total. The Hall–Kier alpha value is -1.35. The largest absolute Gasteiger partial charge is 0.342 e. The van der Waals surface area contributed by atoms with Crippen LogP contribution < -0.4 is 5.73 Å². The first-order valence-electron chi connectivity index (χ1n) is 7.26. The summed E-state index contributed by atoms with van der Waals surface area (Å²) >= 11 is 0. The van der Waals surface area contributed by atoms with E-state index in [1.54, 1.807) is 0 Å². The number of benzene rings is 1. The molecule has 1 aromatic rings. The summed E-state index contributed by atoms with van der Waals surface area (Å²) in [6.45, 7) is 3.80. The minimum absolute atomic E-state index is 0.152. The van der Waals surface area contributed by atoms with Crippen LogP contribution in [0.3, 0.4) is 0 Å². The topological polar surface area (TPSA) is 46.3 Å². The number of nitrogens with zero attached hydrogens (tertiary/aromatic N) is 1. The molecule has 2 aliphatic rings. The highest BCUT2D eigenvalue weighted by molar-refractivity contribution is 5.80. The second-order valence-corrected chi connectivity index (χ2v) is 6.09. The standard InChI is InChI=1S/C16H22N2O/c1-11-10-18(7-6-15(11)17)16(19)14-8-12-4-2-3-5-13(12)9-14/h2-5,11,14-15H,6-10,17H2,1H3. The van der Waals surface area contributed by atoms with Crippen molar-refractivity contribution in [1.82, 2.24) is 4.90 Å². The van der Waals surface area contributed by atoms with Crippen LogP contribution >= 0.6 is 0 Å². The number of nitrogens with two attached hydrogens (primary N) is 1. The molecule has 0 aromatic heterocycles. The summed E-state index contributed by atoms with van der Waals surface area (Å²) in [4.78, 5) is 14.6. The molecule has 0 saturated carbocycles. The molecule has 1 aliphatic carbocycles. The SMILES string of the molecule is CC1CN(C(=O)C2Cc3ccccc3C2)CCC1N. The van der Waals surface area contributed by atoms with Crippen molar-refractivity contribution >= 4 is 5.91 Å². The molecule has 1 aliphatic heterocycles. The Labute approximate surface area is 114 Å². The number of carbonyl (C=O) groups excluding carboxylic acids is 1. The third-order valence-electron chi connectivity index (χ3n) is 4.68. The van der Waals surface area contributed by atoms with Crippen LogP contribution in [0, 0.1) is 11.8 Å². The fourth-order valence-electron chi connectivity index (χ4n) is 3.36. The van der Waals surface area contributed by atoms with Crippen molar-refractivity contribution in [2.45, 2.75) is 32.2 Å². The van der Waals surface area contributed by atoms with Crippen LogP contribution in [-0.2, 0) is 17.6 Å². The zero-order chi connectivity index (χ0) is 13.4. The number of hydrogen-bond donors (Lipinski definition) is 1. The number of rotatable bonds is 1. The van der Waals surface area contributed by atoms with Gasteiger partial charge in [0.05, 0.1) is 0 Å². The minimum Gasteiger partial charge on any atom is -0.342 e. The average Bonchev–Trinajstić information content (AvgIpc) is 2.85. The van der Waals surface area contributed by atoms with Crippen LogP contribution in [0.15, 0.2) is 24.3 Å². The highest BCUT2D eigenvalue weighted by atomic mass is 16.2. The van der Waals surface area contributed by atoms with E-state index in [9.17, 15) is 4.79 Å². The van der Waals surface area contributed by atoms with E-state index < -0.39 is 0 Å². The van der Waals surface area contributed by atoms with Gasteiger partial charge in [-0.1, -0.05) is 31.2 Å². The molecule has 102 valence electrons. The van der Waals surface area contributed by atoms with Crippen LogP contribution in [0.2, 0.25) is 0 Å². The average molecular weight is 258 g/mol. The van der Waals surface area contributed by atoms with E-state index >= 15 is 0 Å². The van der Waals surface area contributed by atoms with Gasteiger partial charge in [-0.15, -0.1) is 0 Å². The summed E-state index contributed by atoms with van der Waals surface area (Å²) in [5.74, 6) is 0.898. The number of carbonyl (C=O) groups is 1. The minimum atomic E-state index is 0.152. The van der Waals surface area contributed by atoms with Gasteiger partial charge >= 0.3 is 0 Å². The Morgan fingerprint density at radius 1 is 1.26 bits per heavy atom. The van der Waals surface area contributed by atoms with Crippen LogP contribution in [0.5, 0.6) is 0 Å². The predicted octanol–water partition coefficient (Wildman–Crippen LogP) is 1.60. The molecule has 0 radical (unpaired) electrons. The number of piperidine rings is 1. The van der Waals surface area contributed by atoms with Gasteiger partial charge in [-0.2, -0.15) is 0 Å². The van der Waals surface area contributed by atoms with Gasteiger partial charge < -0.3 is 10.6 Å². The second-order valence-electron chi connectivity index (χ2n) is 6.09. The van der Waals surface area contributed by atoms with Crippen molar-refractivity contribution in [1.29, 1.82) is 0 Å². The lowest BCUT2D eigenvalue weighted by atomic mass is 9.93. The number of hydrogen-bond acceptors (Lipinski definition) is 2. The molecule has 19 heavy (non-hydrogen) atoms. The van der Waals surface area contributed by atoms with Gasteiger partial charge in [-0.25, -0.2) is 0 Å². The highest BCUT2D eigenvalue weighted by Gasteiger charge is 2.33. The Morgan fingerprint density at radius 2 is 1.89 bits per heavy atom. The Morgan fingerprint density at radius 3 is 2.47 bits per heavy atom. The van der Waals surface area contributed by atoms with Crippen molar-refractivity contribution in [2.24, 2.45) is 17.6 Å². The molecule has 2 unspecified atom stereocenters. The Bertz CT molecular complexity index is 460. The normalized spacial score (nSPS) is 27.4. The van der Waals surface area contributed by atoms with Crippen molar-refractivity contribution in [3.05, 3.63) is 35.4 Å². The van der Waals surface area contributed by atoms with Gasteiger partial charge in [0.25, 0.3) is 0 Å². The summed E-state index contributed by atoms with van der Waals surface area (Å²) in [5, 5.41) is 0. The van der Waals surface area contributed by atoms with Gasteiger partial charge in [-0.3, -0.25) is 4.79 Å². The molecule has 1 aromatic carbocycles. The summed E-state index contributed by atoms with van der Waals surface area (Å²) in [5.41, 5.74) is 8.72. The molecule has 0 spiro atoms. The predicted molar refractivity (Wildman–Crippen MR) is 75.7 cm³/mol. The van der Waals surface area contributed by atoms with E-state index in [1.165, 1.54) is 11.1 Å². The molecule has 1 amide bonds.